The second kappa shape index (κ2) is 12.2. The minimum atomic E-state index is -1.02. The number of aliphatic hydroxyl groups excluding tert-OH is 1. The number of rotatable bonds is 8. The summed E-state index contributed by atoms with van der Waals surface area (Å²) in [6.45, 7) is 18.8. The molecule has 9 nitrogen and oxygen atoms in total. The molecule has 0 amide bonds. The molecule has 10 atom stereocenters. The highest BCUT2D eigenvalue weighted by Gasteiger charge is 2.69. The van der Waals surface area contributed by atoms with Crippen LogP contribution in [0.25, 0.3) is 0 Å². The van der Waals surface area contributed by atoms with Gasteiger partial charge >= 0.3 is 23.9 Å². The van der Waals surface area contributed by atoms with Crippen molar-refractivity contribution in [2.45, 2.75) is 139 Å². The van der Waals surface area contributed by atoms with Gasteiger partial charge in [-0.1, -0.05) is 53.2 Å². The van der Waals surface area contributed by atoms with Gasteiger partial charge in [0.25, 0.3) is 0 Å². The second-order valence-electron chi connectivity index (χ2n) is 15.6. The Labute approximate surface area is 268 Å². The zero-order chi connectivity index (χ0) is 33.9. The summed E-state index contributed by atoms with van der Waals surface area (Å²) in [6, 6.07) is 0. The van der Waals surface area contributed by atoms with Crippen LogP contribution in [0.5, 0.6) is 0 Å². The van der Waals surface area contributed by atoms with E-state index >= 15 is 0 Å². The van der Waals surface area contributed by atoms with Crippen LogP contribution in [0, 0.1) is 39.4 Å². The van der Waals surface area contributed by atoms with Crippen LogP contribution in [0.15, 0.2) is 22.8 Å². The van der Waals surface area contributed by atoms with E-state index < -0.39 is 41.1 Å². The molecule has 0 spiro atoms. The van der Waals surface area contributed by atoms with E-state index in [-0.39, 0.29) is 58.6 Å². The van der Waals surface area contributed by atoms with Gasteiger partial charge in [0.2, 0.25) is 0 Å². The van der Waals surface area contributed by atoms with Gasteiger partial charge in [-0.3, -0.25) is 14.4 Å². The Morgan fingerprint density at radius 2 is 1.51 bits per heavy atom. The van der Waals surface area contributed by atoms with Gasteiger partial charge in [0.05, 0.1) is 6.10 Å². The zero-order valence-electron chi connectivity index (χ0n) is 28.8. The van der Waals surface area contributed by atoms with Crippen LogP contribution in [0.2, 0.25) is 0 Å². The number of hydrogen-bond donors (Lipinski definition) is 2. The van der Waals surface area contributed by atoms with Gasteiger partial charge in [0, 0.05) is 43.6 Å². The number of aliphatic carboxylic acids is 1. The van der Waals surface area contributed by atoms with Crippen molar-refractivity contribution in [3.8, 4) is 0 Å². The maximum absolute atomic E-state index is 12.6. The van der Waals surface area contributed by atoms with E-state index in [1.807, 2.05) is 6.92 Å². The summed E-state index contributed by atoms with van der Waals surface area (Å²) in [5, 5.41) is 21.6. The molecular weight excluding hydrogens is 576 g/mol. The molecule has 0 aromatic heterocycles. The second-order valence-corrected chi connectivity index (χ2v) is 15.6. The van der Waals surface area contributed by atoms with Crippen molar-refractivity contribution >= 4 is 23.9 Å². The Balaban J connectivity index is 1.81. The number of hydrogen-bond acceptors (Lipinski definition) is 8. The molecule has 2 saturated carbocycles. The third-order valence-electron chi connectivity index (χ3n) is 12.9. The van der Waals surface area contributed by atoms with Crippen LogP contribution in [0.4, 0.5) is 0 Å². The Bertz CT molecular complexity index is 1290. The van der Waals surface area contributed by atoms with Gasteiger partial charge in [-0.2, -0.15) is 0 Å². The quantitative estimate of drug-likeness (QED) is 0.140. The maximum Gasteiger partial charge on any atom is 0.330 e. The molecule has 2 fully saturated rings. The summed E-state index contributed by atoms with van der Waals surface area (Å²) in [4.78, 5) is 48.3. The Hall–Kier alpha value is -2.68. The van der Waals surface area contributed by atoms with Gasteiger partial charge in [-0.25, -0.2) is 4.79 Å². The van der Waals surface area contributed by atoms with E-state index in [9.17, 15) is 29.4 Å². The van der Waals surface area contributed by atoms with Gasteiger partial charge < -0.3 is 24.4 Å². The van der Waals surface area contributed by atoms with Crippen molar-refractivity contribution in [1.29, 1.82) is 0 Å². The van der Waals surface area contributed by atoms with E-state index in [0.717, 1.165) is 31.3 Å². The number of carboxylic acid groups (broad SMARTS) is 1. The normalized spacial score (nSPS) is 38.6. The first-order chi connectivity index (χ1) is 20.7. The molecule has 2 N–H and O–H groups in total. The lowest BCUT2D eigenvalue weighted by molar-refractivity contribution is -0.171. The largest absolute Gasteiger partial charge is 0.478 e. The summed E-state index contributed by atoms with van der Waals surface area (Å²) in [6.07, 6.45) is 4.04. The summed E-state index contributed by atoms with van der Waals surface area (Å²) < 4.78 is 17.8. The molecule has 45 heavy (non-hydrogen) atoms. The highest BCUT2D eigenvalue weighted by molar-refractivity contribution is 5.85. The van der Waals surface area contributed by atoms with Crippen molar-refractivity contribution in [3.05, 3.63) is 22.8 Å². The molecule has 0 aromatic rings. The molecule has 0 bridgehead atoms. The van der Waals surface area contributed by atoms with E-state index in [1.165, 1.54) is 33.3 Å². The Morgan fingerprint density at radius 1 is 0.911 bits per heavy atom. The minimum absolute atomic E-state index is 0.0438. The molecule has 0 radical (unpaired) electrons. The topological polar surface area (TPSA) is 136 Å². The van der Waals surface area contributed by atoms with Crippen LogP contribution >= 0.6 is 0 Å². The van der Waals surface area contributed by atoms with Crippen molar-refractivity contribution in [2.24, 2.45) is 39.4 Å². The van der Waals surface area contributed by atoms with Gasteiger partial charge in [-0.15, -0.1) is 0 Å². The summed E-state index contributed by atoms with van der Waals surface area (Å²) in [5.41, 5.74) is 0.772. The van der Waals surface area contributed by atoms with Crippen LogP contribution in [0.3, 0.4) is 0 Å². The Morgan fingerprint density at radius 3 is 2.07 bits per heavy atom. The number of carbonyl (C=O) groups excluding carboxylic acids is 3. The predicted octanol–water partition coefficient (Wildman–Crippen LogP) is 6.17. The fraction of sp³-hybridized carbons (Fsp3) is 0.778. The predicted molar refractivity (Wildman–Crippen MR) is 168 cm³/mol. The number of carbonyl (C=O) groups is 4. The maximum atomic E-state index is 12.6. The summed E-state index contributed by atoms with van der Waals surface area (Å²) in [7, 11) is 0. The molecule has 0 unspecified atom stereocenters. The molecule has 252 valence electrons. The SMILES string of the molecule is CC(=O)O[C@@H](C/C=C(\C)C(=O)O)[C@@H](C)[C@H]1C[C@H](OC(C)=O)[C@@]2(C)C3=C(CC[C@]12C)[C@@]1(C)CC[C@H](OC(C)=O)C(C)(C)[C@@H]1C[C@H]3O. The van der Waals surface area contributed by atoms with Gasteiger partial charge in [-0.05, 0) is 79.6 Å². The van der Waals surface area contributed by atoms with Crippen LogP contribution in [-0.2, 0) is 33.4 Å². The number of allylic oxidation sites excluding steroid dienone is 1. The molecule has 0 aromatic carbocycles. The molecule has 0 aliphatic heterocycles. The highest BCUT2D eigenvalue weighted by Crippen LogP contribution is 2.73. The molecule has 0 saturated heterocycles. The van der Waals surface area contributed by atoms with E-state index in [4.69, 9.17) is 14.2 Å². The minimum Gasteiger partial charge on any atom is -0.478 e. The average Bonchev–Trinajstić information content (AvgIpc) is 3.15. The Kier molecular flexibility index (Phi) is 9.51. The highest BCUT2D eigenvalue weighted by atomic mass is 16.6. The molecule has 4 aliphatic carbocycles. The van der Waals surface area contributed by atoms with Gasteiger partial charge in [0.1, 0.15) is 18.3 Å². The third kappa shape index (κ3) is 5.76. The number of fused-ring (bicyclic) bond motifs is 4. The fourth-order valence-corrected chi connectivity index (χ4v) is 10.5. The molecule has 4 rings (SSSR count). The third-order valence-corrected chi connectivity index (χ3v) is 12.9. The lowest BCUT2D eigenvalue weighted by Gasteiger charge is -2.63. The standard InChI is InChI=1S/C36H54O9/c1-19(32(41)42)11-12-27(43-21(3)37)20(2)25-17-30(45-23(5)39)36(10)31-24(13-16-35(25,36)9)34(8)15-14-29(44-22(4)38)33(6,7)28(34)18-26(31)40/h11,20,25-30,40H,12-18H2,1-10H3,(H,41,42)/b19-11+/t20-,25+,26+,27-,28-,29-,30-,34+,35+,36-/m0/s1. The van der Waals surface area contributed by atoms with E-state index in [1.54, 1.807) is 6.08 Å². The number of carboxylic acids is 1. The lowest BCUT2D eigenvalue weighted by Crippen LogP contribution is -2.60. The van der Waals surface area contributed by atoms with Gasteiger partial charge in [0.15, 0.2) is 0 Å². The summed E-state index contributed by atoms with van der Waals surface area (Å²) >= 11 is 0. The first-order valence-corrected chi connectivity index (χ1v) is 16.6. The van der Waals surface area contributed by atoms with E-state index in [0.29, 0.717) is 12.8 Å². The molecular formula is C36H54O9. The average molecular weight is 631 g/mol. The number of ether oxygens (including phenoxy) is 3. The van der Waals surface area contributed by atoms with Crippen LogP contribution in [-0.4, -0.2) is 58.5 Å². The van der Waals surface area contributed by atoms with E-state index in [2.05, 4.69) is 34.6 Å². The van der Waals surface area contributed by atoms with Crippen molar-refractivity contribution < 1.29 is 43.6 Å². The van der Waals surface area contributed by atoms with Crippen molar-refractivity contribution in [2.75, 3.05) is 0 Å². The summed E-state index contributed by atoms with van der Waals surface area (Å²) in [5.74, 6) is -2.25. The monoisotopic (exact) mass is 630 g/mol. The number of aliphatic hydroxyl groups is 1. The van der Waals surface area contributed by atoms with Crippen molar-refractivity contribution in [3.63, 3.8) is 0 Å². The molecule has 9 heteroatoms. The van der Waals surface area contributed by atoms with Crippen LogP contribution < -0.4 is 0 Å². The van der Waals surface area contributed by atoms with Crippen LogP contribution in [0.1, 0.15) is 114 Å². The number of esters is 3. The molecule has 0 heterocycles. The fourth-order valence-electron chi connectivity index (χ4n) is 10.5. The smallest absolute Gasteiger partial charge is 0.330 e. The van der Waals surface area contributed by atoms with Crippen molar-refractivity contribution in [1.82, 2.24) is 0 Å². The first-order valence-electron chi connectivity index (χ1n) is 16.6. The lowest BCUT2D eigenvalue weighted by atomic mass is 9.42. The first kappa shape index (κ1) is 35.2. The molecule has 4 aliphatic rings. The zero-order valence-corrected chi connectivity index (χ0v) is 28.8.